The van der Waals surface area contributed by atoms with Crippen LogP contribution in [0.15, 0.2) is 30.9 Å². The molecule has 1 aliphatic heterocycles. The Hall–Kier alpha value is -1.86. The minimum absolute atomic E-state index is 0.0540. The average Bonchev–Trinajstić information content (AvgIpc) is 2.69. The van der Waals surface area contributed by atoms with E-state index in [9.17, 15) is 18.0 Å². The zero-order valence-corrected chi connectivity index (χ0v) is 12.6. The molecule has 0 atom stereocenters. The first-order valence-electron chi connectivity index (χ1n) is 6.11. The highest BCUT2D eigenvalue weighted by Crippen LogP contribution is 2.29. The van der Waals surface area contributed by atoms with Crippen molar-refractivity contribution in [2.24, 2.45) is 0 Å². The Bertz CT molecular complexity index is 715. The molecule has 1 fully saturated rings. The molecule has 1 aromatic rings. The molecular formula is C13H13ClN2O4S. The van der Waals surface area contributed by atoms with Crippen molar-refractivity contribution in [3.63, 3.8) is 0 Å². The van der Waals surface area contributed by atoms with Gasteiger partial charge in [-0.05, 0) is 18.2 Å². The van der Waals surface area contributed by atoms with E-state index in [1.54, 1.807) is 0 Å². The van der Waals surface area contributed by atoms with Gasteiger partial charge in [0.1, 0.15) is 0 Å². The second-order valence-corrected chi connectivity index (χ2v) is 6.73. The maximum Gasteiger partial charge on any atom is 0.253 e. The molecule has 0 spiro atoms. The molecule has 2 amide bonds. The van der Waals surface area contributed by atoms with Gasteiger partial charge < -0.3 is 5.32 Å². The number of halogens is 1. The molecule has 0 aromatic heterocycles. The summed E-state index contributed by atoms with van der Waals surface area (Å²) in [6, 6.07) is 4.07. The number of hydrogen-bond acceptors (Lipinski definition) is 4. The number of anilines is 1. The topological polar surface area (TPSA) is 83.6 Å². The van der Waals surface area contributed by atoms with Gasteiger partial charge in [0.2, 0.25) is 15.9 Å². The molecule has 1 aromatic carbocycles. The van der Waals surface area contributed by atoms with Crippen molar-refractivity contribution in [1.82, 2.24) is 5.32 Å². The van der Waals surface area contributed by atoms with E-state index in [2.05, 4.69) is 11.9 Å². The van der Waals surface area contributed by atoms with Crippen molar-refractivity contribution in [3.8, 4) is 0 Å². The molecule has 1 saturated heterocycles. The predicted octanol–water partition coefficient (Wildman–Crippen LogP) is 1.32. The van der Waals surface area contributed by atoms with Crippen molar-refractivity contribution in [2.45, 2.75) is 6.42 Å². The first-order valence-corrected chi connectivity index (χ1v) is 8.10. The van der Waals surface area contributed by atoms with Crippen molar-refractivity contribution >= 4 is 39.1 Å². The summed E-state index contributed by atoms with van der Waals surface area (Å²) in [6.07, 6.45) is 1.47. The monoisotopic (exact) mass is 328 g/mol. The van der Waals surface area contributed by atoms with Gasteiger partial charge in [-0.25, -0.2) is 12.7 Å². The van der Waals surface area contributed by atoms with Gasteiger partial charge in [-0.3, -0.25) is 9.59 Å². The zero-order chi connectivity index (χ0) is 15.6. The molecule has 0 unspecified atom stereocenters. The third kappa shape index (κ3) is 3.08. The van der Waals surface area contributed by atoms with Gasteiger partial charge in [-0.15, -0.1) is 6.58 Å². The molecule has 0 bridgehead atoms. The lowest BCUT2D eigenvalue weighted by molar-refractivity contribution is -0.116. The normalized spacial score (nSPS) is 16.8. The van der Waals surface area contributed by atoms with Crippen LogP contribution in [-0.4, -0.2) is 32.5 Å². The third-order valence-corrected chi connectivity index (χ3v) is 4.92. The largest absolute Gasteiger partial charge is 0.349 e. The molecule has 112 valence electrons. The molecule has 1 N–H and O–H groups in total. The van der Waals surface area contributed by atoms with Gasteiger partial charge in [0.15, 0.2) is 0 Å². The lowest BCUT2D eigenvalue weighted by atomic mass is 10.2. The van der Waals surface area contributed by atoms with Crippen LogP contribution in [0.2, 0.25) is 5.02 Å². The van der Waals surface area contributed by atoms with Crippen molar-refractivity contribution in [1.29, 1.82) is 0 Å². The summed E-state index contributed by atoms with van der Waals surface area (Å²) in [5, 5.41) is 2.64. The maximum atomic E-state index is 11.8. The van der Waals surface area contributed by atoms with Crippen LogP contribution in [0.25, 0.3) is 0 Å². The van der Waals surface area contributed by atoms with Crippen LogP contribution in [0, 0.1) is 0 Å². The van der Waals surface area contributed by atoms with E-state index in [1.165, 1.54) is 24.3 Å². The summed E-state index contributed by atoms with van der Waals surface area (Å²) in [4.78, 5) is 23.5. The van der Waals surface area contributed by atoms with Gasteiger partial charge in [0, 0.05) is 13.0 Å². The zero-order valence-electron chi connectivity index (χ0n) is 11.0. The molecule has 0 radical (unpaired) electrons. The number of carbonyl (C=O) groups excluding carboxylic acids is 2. The Morgan fingerprint density at radius 1 is 1.48 bits per heavy atom. The Kier molecular flexibility index (Phi) is 4.34. The minimum Gasteiger partial charge on any atom is -0.349 e. The quantitative estimate of drug-likeness (QED) is 0.845. The van der Waals surface area contributed by atoms with Crippen LogP contribution < -0.4 is 9.62 Å². The van der Waals surface area contributed by atoms with E-state index in [-0.39, 0.29) is 35.0 Å². The van der Waals surface area contributed by atoms with E-state index in [0.717, 1.165) is 4.31 Å². The van der Waals surface area contributed by atoms with Gasteiger partial charge in [-0.1, -0.05) is 17.7 Å². The van der Waals surface area contributed by atoms with E-state index in [1.807, 2.05) is 0 Å². The fraction of sp³-hybridized carbons (Fsp3) is 0.231. The Morgan fingerprint density at radius 3 is 2.71 bits per heavy atom. The molecule has 0 saturated carbocycles. The van der Waals surface area contributed by atoms with E-state index >= 15 is 0 Å². The second kappa shape index (κ2) is 5.87. The summed E-state index contributed by atoms with van der Waals surface area (Å²) in [5.74, 6) is -1.12. The fourth-order valence-electron chi connectivity index (χ4n) is 1.94. The van der Waals surface area contributed by atoms with E-state index in [4.69, 9.17) is 11.6 Å². The molecule has 21 heavy (non-hydrogen) atoms. The minimum atomic E-state index is -3.64. The van der Waals surface area contributed by atoms with Crippen LogP contribution in [0.4, 0.5) is 5.69 Å². The van der Waals surface area contributed by atoms with Crippen molar-refractivity contribution < 1.29 is 18.0 Å². The number of sulfonamides is 1. The number of amides is 2. The van der Waals surface area contributed by atoms with Crippen LogP contribution in [0.1, 0.15) is 16.8 Å². The van der Waals surface area contributed by atoms with Crippen LogP contribution in [-0.2, 0) is 14.8 Å². The van der Waals surface area contributed by atoms with Gasteiger partial charge in [0.05, 0.1) is 22.0 Å². The lowest BCUT2D eigenvalue weighted by Crippen LogP contribution is -2.29. The predicted molar refractivity (Wildman–Crippen MR) is 79.9 cm³/mol. The molecule has 1 aliphatic rings. The number of rotatable bonds is 4. The standard InChI is InChI=1S/C13H13ClN2O4S/c1-2-6-15-13(18)10-4-3-9(8-11(10)14)16-12(17)5-7-21(16,19)20/h2-4,8H,1,5-7H2,(H,15,18). The van der Waals surface area contributed by atoms with Crippen LogP contribution >= 0.6 is 11.6 Å². The average molecular weight is 329 g/mol. The SMILES string of the molecule is C=CCNC(=O)c1ccc(N2C(=O)CCS2(=O)=O)cc1Cl. The molecule has 1 heterocycles. The van der Waals surface area contributed by atoms with Crippen molar-refractivity contribution in [2.75, 3.05) is 16.6 Å². The fourth-order valence-corrected chi connectivity index (χ4v) is 3.66. The number of carbonyl (C=O) groups is 2. The summed E-state index contributed by atoms with van der Waals surface area (Å²) in [5.41, 5.74) is 0.342. The highest BCUT2D eigenvalue weighted by Gasteiger charge is 2.36. The van der Waals surface area contributed by atoms with Gasteiger partial charge >= 0.3 is 0 Å². The van der Waals surface area contributed by atoms with E-state index < -0.39 is 21.8 Å². The van der Waals surface area contributed by atoms with Gasteiger partial charge in [-0.2, -0.15) is 0 Å². The van der Waals surface area contributed by atoms with Crippen LogP contribution in [0.3, 0.4) is 0 Å². The highest BCUT2D eigenvalue weighted by molar-refractivity contribution is 7.94. The number of nitrogens with one attached hydrogen (secondary N) is 1. The Morgan fingerprint density at radius 2 is 2.19 bits per heavy atom. The first kappa shape index (κ1) is 15.5. The summed E-state index contributed by atoms with van der Waals surface area (Å²) < 4.78 is 24.4. The molecule has 2 rings (SSSR count). The highest BCUT2D eigenvalue weighted by atomic mass is 35.5. The number of benzene rings is 1. The number of nitrogens with zero attached hydrogens (tertiary/aromatic N) is 1. The lowest BCUT2D eigenvalue weighted by Gasteiger charge is -2.16. The van der Waals surface area contributed by atoms with Crippen LogP contribution in [0.5, 0.6) is 0 Å². The molecular weight excluding hydrogens is 316 g/mol. The summed E-state index contributed by atoms with van der Waals surface area (Å²) in [6.45, 7) is 3.77. The molecule has 8 heteroatoms. The molecule has 0 aliphatic carbocycles. The maximum absolute atomic E-state index is 11.8. The van der Waals surface area contributed by atoms with E-state index in [0.29, 0.717) is 0 Å². The third-order valence-electron chi connectivity index (χ3n) is 2.92. The Labute approximate surface area is 127 Å². The van der Waals surface area contributed by atoms with Crippen molar-refractivity contribution in [3.05, 3.63) is 41.4 Å². The smallest absolute Gasteiger partial charge is 0.253 e. The Balaban J connectivity index is 2.33. The second-order valence-electron chi connectivity index (χ2n) is 4.39. The first-order chi connectivity index (χ1) is 9.86. The summed E-state index contributed by atoms with van der Waals surface area (Å²) >= 11 is 6.00. The number of hydrogen-bond donors (Lipinski definition) is 1. The van der Waals surface area contributed by atoms with Gasteiger partial charge in [0.25, 0.3) is 5.91 Å². The molecule has 6 nitrogen and oxygen atoms in total. The summed E-state index contributed by atoms with van der Waals surface area (Å²) in [7, 11) is -3.64.